The van der Waals surface area contributed by atoms with E-state index in [1.54, 1.807) is 0 Å². The van der Waals surface area contributed by atoms with Crippen molar-refractivity contribution in [1.29, 1.82) is 0 Å². The number of nitrogens with zero attached hydrogens (tertiary/aromatic N) is 3. The summed E-state index contributed by atoms with van der Waals surface area (Å²) < 4.78 is 12.9. The first-order chi connectivity index (χ1) is 18.2. The van der Waals surface area contributed by atoms with Gasteiger partial charge in [-0.1, -0.05) is 53.7 Å². The number of carbonyl (C=O) groups excluding carboxylic acids is 2. The topological polar surface area (TPSA) is 95.3 Å². The van der Waals surface area contributed by atoms with Gasteiger partial charge in [-0.15, -0.1) is 21.5 Å². The van der Waals surface area contributed by atoms with E-state index < -0.39 is 5.97 Å². The molecule has 1 N–H and O–H groups in total. The summed E-state index contributed by atoms with van der Waals surface area (Å²) in [5.41, 5.74) is 5.18. The number of aryl methyl sites for hydroxylation is 3. The number of hydrogen-bond acceptors (Lipinski definition) is 8. The van der Waals surface area contributed by atoms with E-state index in [2.05, 4.69) is 15.5 Å². The van der Waals surface area contributed by atoms with Gasteiger partial charge in [0.15, 0.2) is 17.1 Å². The van der Waals surface area contributed by atoms with E-state index in [1.165, 1.54) is 30.2 Å². The van der Waals surface area contributed by atoms with Crippen LogP contribution in [0.15, 0.2) is 53.0 Å². The summed E-state index contributed by atoms with van der Waals surface area (Å²) in [5, 5.41) is 14.3. The van der Waals surface area contributed by atoms with Crippen molar-refractivity contribution in [2.75, 3.05) is 18.2 Å². The van der Waals surface area contributed by atoms with Gasteiger partial charge in [0.1, 0.15) is 16.3 Å². The third kappa shape index (κ3) is 5.92. The number of esters is 1. The fourth-order valence-corrected chi connectivity index (χ4v) is 5.69. The lowest BCUT2D eigenvalue weighted by molar-refractivity contribution is -0.113. The Hall–Kier alpha value is -3.63. The van der Waals surface area contributed by atoms with Gasteiger partial charge in [0, 0.05) is 18.0 Å². The van der Waals surface area contributed by atoms with Gasteiger partial charge < -0.3 is 19.4 Å². The van der Waals surface area contributed by atoms with Crippen molar-refractivity contribution in [2.45, 2.75) is 39.0 Å². The molecule has 10 heteroatoms. The van der Waals surface area contributed by atoms with Crippen LogP contribution >= 0.6 is 23.1 Å². The van der Waals surface area contributed by atoms with Crippen LogP contribution in [-0.2, 0) is 16.6 Å². The predicted molar refractivity (Wildman–Crippen MR) is 151 cm³/mol. The van der Waals surface area contributed by atoms with Crippen molar-refractivity contribution >= 4 is 40.0 Å². The second-order valence-corrected chi connectivity index (χ2v) is 10.7. The van der Waals surface area contributed by atoms with Crippen LogP contribution in [0.25, 0.3) is 11.1 Å². The lowest BCUT2D eigenvalue weighted by Gasteiger charge is -2.15. The van der Waals surface area contributed by atoms with Crippen LogP contribution in [0.3, 0.4) is 0 Å². The molecule has 1 unspecified atom stereocenters. The molecule has 1 amide bonds. The highest BCUT2D eigenvalue weighted by Gasteiger charge is 2.24. The number of methoxy groups -OCH3 is 1. The Morgan fingerprint density at radius 2 is 1.84 bits per heavy atom. The maximum absolute atomic E-state index is 12.9. The Morgan fingerprint density at radius 3 is 2.58 bits per heavy atom. The number of thiophene rings is 1. The average Bonchev–Trinajstić information content (AvgIpc) is 3.48. The highest BCUT2D eigenvalue weighted by molar-refractivity contribution is 7.99. The first-order valence-electron chi connectivity index (χ1n) is 12.0. The van der Waals surface area contributed by atoms with Gasteiger partial charge in [-0.05, 0) is 50.5 Å². The van der Waals surface area contributed by atoms with Crippen LogP contribution in [0.5, 0.6) is 5.75 Å². The summed E-state index contributed by atoms with van der Waals surface area (Å²) in [5.74, 6) is 0.778. The molecule has 0 aliphatic carbocycles. The monoisotopic (exact) mass is 550 g/mol. The molecule has 38 heavy (non-hydrogen) atoms. The molecule has 0 bridgehead atoms. The van der Waals surface area contributed by atoms with Gasteiger partial charge in [-0.2, -0.15) is 0 Å². The second kappa shape index (κ2) is 11.8. The maximum Gasteiger partial charge on any atom is 0.341 e. The van der Waals surface area contributed by atoms with Crippen molar-refractivity contribution in [3.8, 4) is 16.9 Å². The average molecular weight is 551 g/mol. The Bertz CT molecular complexity index is 1480. The van der Waals surface area contributed by atoms with Crippen molar-refractivity contribution in [2.24, 2.45) is 7.05 Å². The van der Waals surface area contributed by atoms with Crippen LogP contribution in [0, 0.1) is 20.8 Å². The minimum absolute atomic E-state index is 0.0936. The molecule has 0 saturated heterocycles. The van der Waals surface area contributed by atoms with Crippen molar-refractivity contribution < 1.29 is 19.1 Å². The van der Waals surface area contributed by atoms with Crippen molar-refractivity contribution in [1.82, 2.24) is 14.8 Å². The molecule has 0 aliphatic heterocycles. The largest absolute Gasteiger partial charge is 0.482 e. The van der Waals surface area contributed by atoms with Crippen LogP contribution in [0.2, 0.25) is 0 Å². The van der Waals surface area contributed by atoms with Crippen molar-refractivity contribution in [3.05, 3.63) is 75.9 Å². The summed E-state index contributed by atoms with van der Waals surface area (Å²) in [6.45, 7) is 7.89. The van der Waals surface area contributed by atoms with Crippen LogP contribution in [0.4, 0.5) is 5.00 Å². The Balaban J connectivity index is 1.46. The van der Waals surface area contributed by atoms with Gasteiger partial charge in [-0.25, -0.2) is 4.79 Å². The minimum atomic E-state index is -0.495. The zero-order chi connectivity index (χ0) is 27.4. The molecular weight excluding hydrogens is 520 g/mol. The van der Waals surface area contributed by atoms with Crippen LogP contribution in [0.1, 0.15) is 45.9 Å². The molecule has 198 valence electrons. The molecule has 0 fully saturated rings. The SMILES string of the molecule is COC(=O)c1c(-c2cc(C)ccc2C)csc1NC(=O)CSc1nnc(C(C)Oc2ccccc2C)n1C. The molecule has 2 aromatic heterocycles. The zero-order valence-corrected chi connectivity index (χ0v) is 23.8. The number of aromatic nitrogens is 3. The molecule has 0 saturated carbocycles. The highest BCUT2D eigenvalue weighted by Crippen LogP contribution is 2.38. The summed E-state index contributed by atoms with van der Waals surface area (Å²) >= 11 is 2.56. The van der Waals surface area contributed by atoms with Gasteiger partial charge in [0.05, 0.1) is 12.9 Å². The number of carbonyl (C=O) groups is 2. The third-order valence-corrected chi connectivity index (χ3v) is 7.99. The number of nitrogens with one attached hydrogen (secondary N) is 1. The number of benzene rings is 2. The van der Waals surface area contributed by atoms with Crippen LogP contribution in [-0.4, -0.2) is 39.5 Å². The summed E-state index contributed by atoms with van der Waals surface area (Å²) in [6, 6.07) is 13.9. The quantitative estimate of drug-likeness (QED) is 0.198. The fraction of sp³-hybridized carbons (Fsp3) is 0.286. The number of thioether (sulfide) groups is 1. The smallest absolute Gasteiger partial charge is 0.341 e. The van der Waals surface area contributed by atoms with E-state index in [0.29, 0.717) is 21.5 Å². The second-order valence-electron chi connectivity index (χ2n) is 8.93. The lowest BCUT2D eigenvalue weighted by atomic mass is 9.97. The summed E-state index contributed by atoms with van der Waals surface area (Å²) in [7, 11) is 3.18. The maximum atomic E-state index is 12.9. The number of hydrogen-bond donors (Lipinski definition) is 1. The molecule has 4 aromatic rings. The predicted octanol–water partition coefficient (Wildman–Crippen LogP) is 6.13. The lowest BCUT2D eigenvalue weighted by Crippen LogP contribution is -2.16. The van der Waals surface area contributed by atoms with Gasteiger partial charge in [-0.3, -0.25) is 4.79 Å². The third-order valence-electron chi connectivity index (χ3n) is 6.08. The molecule has 0 spiro atoms. The van der Waals surface area contributed by atoms with Gasteiger partial charge in [0.2, 0.25) is 5.91 Å². The highest BCUT2D eigenvalue weighted by atomic mass is 32.2. The molecule has 2 aromatic carbocycles. The Morgan fingerprint density at radius 1 is 1.08 bits per heavy atom. The van der Waals surface area contributed by atoms with E-state index in [4.69, 9.17) is 9.47 Å². The first kappa shape index (κ1) is 27.4. The number of anilines is 1. The van der Waals surface area contributed by atoms with E-state index in [-0.39, 0.29) is 17.8 Å². The van der Waals surface area contributed by atoms with Crippen molar-refractivity contribution in [3.63, 3.8) is 0 Å². The summed E-state index contributed by atoms with van der Waals surface area (Å²) in [6.07, 6.45) is -0.325. The van der Waals surface area contributed by atoms with E-state index in [9.17, 15) is 9.59 Å². The molecular formula is C28H30N4O4S2. The Labute approximate surface area is 230 Å². The van der Waals surface area contributed by atoms with Gasteiger partial charge in [0.25, 0.3) is 0 Å². The normalized spacial score (nSPS) is 11.7. The minimum Gasteiger partial charge on any atom is -0.482 e. The first-order valence-corrected chi connectivity index (χ1v) is 13.9. The number of ether oxygens (including phenoxy) is 2. The fourth-order valence-electron chi connectivity index (χ4n) is 4.01. The van der Waals surface area contributed by atoms with E-state index in [1.807, 2.05) is 87.2 Å². The number of rotatable bonds is 9. The molecule has 4 rings (SSSR count). The standard InChI is InChI=1S/C28H30N4O4S2/c1-16-11-12-17(2)20(13-16)21-14-37-26(24(21)27(34)35-6)29-23(33)15-38-28-31-30-25(32(28)5)19(4)36-22-10-8-7-9-18(22)3/h7-14,19H,15H2,1-6H3,(H,29,33). The molecule has 1 atom stereocenters. The number of para-hydroxylation sites is 1. The van der Waals surface area contributed by atoms with E-state index in [0.717, 1.165) is 33.6 Å². The zero-order valence-electron chi connectivity index (χ0n) is 22.2. The van der Waals surface area contributed by atoms with E-state index >= 15 is 0 Å². The summed E-state index contributed by atoms with van der Waals surface area (Å²) in [4.78, 5) is 25.6. The molecule has 8 nitrogen and oxygen atoms in total. The molecule has 0 radical (unpaired) electrons. The molecule has 0 aliphatic rings. The van der Waals surface area contributed by atoms with Crippen LogP contribution < -0.4 is 10.1 Å². The Kier molecular flexibility index (Phi) is 8.53. The molecule has 2 heterocycles. The van der Waals surface area contributed by atoms with Gasteiger partial charge >= 0.3 is 5.97 Å². The number of amides is 1.